The molecule has 1 N–H and O–H groups in total. The van der Waals surface area contributed by atoms with Gasteiger partial charge in [-0.2, -0.15) is 0 Å². The van der Waals surface area contributed by atoms with Crippen molar-refractivity contribution in [2.24, 2.45) is 11.8 Å². The first-order chi connectivity index (χ1) is 15.9. The van der Waals surface area contributed by atoms with Crippen LogP contribution in [0.1, 0.15) is 56.0 Å². The number of carbonyl (C=O) groups excluding carboxylic acids is 3. The molecular formula is C25H33N3O5. The number of piperidine rings is 1. The van der Waals surface area contributed by atoms with Crippen LogP contribution in [0.3, 0.4) is 0 Å². The average molecular weight is 456 g/mol. The number of rotatable bonds is 6. The van der Waals surface area contributed by atoms with E-state index < -0.39 is 6.04 Å². The Kier molecular flexibility index (Phi) is 5.91. The van der Waals surface area contributed by atoms with E-state index >= 15 is 0 Å². The van der Waals surface area contributed by atoms with E-state index in [1.807, 2.05) is 25.1 Å². The maximum absolute atomic E-state index is 12.9. The van der Waals surface area contributed by atoms with Crippen LogP contribution in [-0.4, -0.2) is 71.5 Å². The molecule has 0 bridgehead atoms. The summed E-state index contributed by atoms with van der Waals surface area (Å²) in [6.07, 6.45) is 2.15. The molecule has 0 aromatic heterocycles. The molecule has 2 saturated heterocycles. The first-order valence-electron chi connectivity index (χ1n) is 12.2. The molecule has 3 fully saturated rings. The van der Waals surface area contributed by atoms with Gasteiger partial charge < -0.3 is 14.4 Å². The second-order valence-electron chi connectivity index (χ2n) is 10.0. The van der Waals surface area contributed by atoms with Gasteiger partial charge >= 0.3 is 0 Å². The zero-order chi connectivity index (χ0) is 23.3. The summed E-state index contributed by atoms with van der Waals surface area (Å²) in [4.78, 5) is 40.8. The highest BCUT2D eigenvalue weighted by molar-refractivity contribution is 6.05. The van der Waals surface area contributed by atoms with E-state index in [1.165, 1.54) is 0 Å². The Morgan fingerprint density at radius 3 is 2.64 bits per heavy atom. The molecule has 5 atom stereocenters. The Hall–Kier alpha value is -2.45. The molecule has 1 aromatic rings. The summed E-state index contributed by atoms with van der Waals surface area (Å²) in [5.41, 5.74) is 1.48. The monoisotopic (exact) mass is 455 g/mol. The van der Waals surface area contributed by atoms with E-state index in [2.05, 4.69) is 24.1 Å². The minimum atomic E-state index is -0.600. The van der Waals surface area contributed by atoms with Crippen molar-refractivity contribution in [3.05, 3.63) is 29.3 Å². The quantitative estimate of drug-likeness (QED) is 0.660. The van der Waals surface area contributed by atoms with Gasteiger partial charge in [-0.3, -0.25) is 24.6 Å². The van der Waals surface area contributed by atoms with Gasteiger partial charge in [-0.25, -0.2) is 0 Å². The second-order valence-corrected chi connectivity index (χ2v) is 10.0. The number of benzene rings is 1. The maximum atomic E-state index is 12.9. The van der Waals surface area contributed by atoms with Gasteiger partial charge in [0.15, 0.2) is 0 Å². The molecule has 3 aliphatic heterocycles. The van der Waals surface area contributed by atoms with Gasteiger partial charge in [-0.1, -0.05) is 13.8 Å². The van der Waals surface area contributed by atoms with Crippen LogP contribution in [0.15, 0.2) is 18.2 Å². The number of fused-ring (bicyclic) bond motifs is 1. The summed E-state index contributed by atoms with van der Waals surface area (Å²) >= 11 is 0. The number of hydrogen-bond donors (Lipinski definition) is 1. The van der Waals surface area contributed by atoms with Gasteiger partial charge in [-0.15, -0.1) is 0 Å². The molecule has 0 radical (unpaired) electrons. The predicted octanol–water partition coefficient (Wildman–Crippen LogP) is 1.96. The van der Waals surface area contributed by atoms with E-state index in [0.717, 1.165) is 37.4 Å². The fraction of sp³-hybridized carbons (Fsp3) is 0.640. The Morgan fingerprint density at radius 1 is 1.12 bits per heavy atom. The van der Waals surface area contributed by atoms with Crippen LogP contribution in [0.25, 0.3) is 0 Å². The average Bonchev–Trinajstić information content (AvgIpc) is 3.20. The molecular weight excluding hydrogens is 422 g/mol. The fourth-order valence-corrected chi connectivity index (χ4v) is 6.11. The van der Waals surface area contributed by atoms with Crippen LogP contribution in [0.5, 0.6) is 5.75 Å². The van der Waals surface area contributed by atoms with Crippen molar-refractivity contribution in [2.75, 3.05) is 19.7 Å². The molecule has 3 amide bonds. The van der Waals surface area contributed by atoms with Gasteiger partial charge in [0.25, 0.3) is 5.91 Å². The topological polar surface area (TPSA) is 88.2 Å². The summed E-state index contributed by atoms with van der Waals surface area (Å²) < 4.78 is 12.3. The van der Waals surface area contributed by atoms with Gasteiger partial charge in [0, 0.05) is 44.3 Å². The number of likely N-dealkylation sites (tertiary alicyclic amines) is 1. The maximum Gasteiger partial charge on any atom is 0.255 e. The molecule has 1 aromatic carbocycles. The molecule has 0 spiro atoms. The highest BCUT2D eigenvalue weighted by Crippen LogP contribution is 2.40. The van der Waals surface area contributed by atoms with Crippen molar-refractivity contribution >= 4 is 17.7 Å². The summed E-state index contributed by atoms with van der Waals surface area (Å²) in [5.74, 6) is 0.928. The first-order valence-corrected chi connectivity index (χ1v) is 12.2. The lowest BCUT2D eigenvalue weighted by Gasteiger charge is -2.46. The lowest BCUT2D eigenvalue weighted by molar-refractivity contribution is -0.136. The molecule has 4 aliphatic rings. The van der Waals surface area contributed by atoms with Crippen LogP contribution in [0.4, 0.5) is 0 Å². The zero-order valence-electron chi connectivity index (χ0n) is 19.6. The lowest BCUT2D eigenvalue weighted by Crippen LogP contribution is -2.60. The Bertz CT molecular complexity index is 959. The third-order valence-corrected chi connectivity index (χ3v) is 7.69. The SMILES string of the molecule is CCOC1CN(C2[C@H](C)C[C@H](C)[C@@H]2Oc2ccc3c(c2)CN(C2CCC(=O)NC2=O)C3=O)C1. The van der Waals surface area contributed by atoms with Crippen LogP contribution in [-0.2, 0) is 20.9 Å². The highest BCUT2D eigenvalue weighted by atomic mass is 16.5. The summed E-state index contributed by atoms with van der Waals surface area (Å²) in [7, 11) is 0. The smallest absolute Gasteiger partial charge is 0.255 e. The summed E-state index contributed by atoms with van der Waals surface area (Å²) in [5, 5.41) is 2.35. The number of imide groups is 1. The standard InChI is InChI=1S/C25H33N3O5/c1-4-32-18-12-27(13-18)22-14(2)9-15(3)23(22)33-17-5-6-19-16(10-17)11-28(25(19)31)20-7-8-21(29)26-24(20)30/h5-6,10,14-15,18,20,22-23H,4,7-9,11-13H2,1-3H3,(H,26,29,30)/t14-,15+,20?,22?,23+/m1/s1. The van der Waals surface area contributed by atoms with E-state index in [4.69, 9.17) is 9.47 Å². The van der Waals surface area contributed by atoms with E-state index in [9.17, 15) is 14.4 Å². The lowest BCUT2D eigenvalue weighted by atomic mass is 9.98. The molecule has 2 unspecified atom stereocenters. The van der Waals surface area contributed by atoms with Crippen LogP contribution in [0, 0.1) is 11.8 Å². The number of nitrogens with zero attached hydrogens (tertiary/aromatic N) is 2. The molecule has 8 heteroatoms. The number of nitrogens with one attached hydrogen (secondary N) is 1. The molecule has 1 saturated carbocycles. The first kappa shape index (κ1) is 22.3. The number of ether oxygens (including phenoxy) is 2. The number of hydrogen-bond acceptors (Lipinski definition) is 6. The molecule has 8 nitrogen and oxygen atoms in total. The van der Waals surface area contributed by atoms with Gasteiger partial charge in [0.1, 0.15) is 17.9 Å². The van der Waals surface area contributed by atoms with Crippen molar-refractivity contribution in [2.45, 2.75) is 70.9 Å². The normalized spacial score (nSPS) is 32.6. The number of carbonyl (C=O) groups is 3. The third kappa shape index (κ3) is 4.04. The largest absolute Gasteiger partial charge is 0.489 e. The van der Waals surface area contributed by atoms with Crippen LogP contribution < -0.4 is 10.1 Å². The van der Waals surface area contributed by atoms with E-state index in [-0.39, 0.29) is 30.2 Å². The predicted molar refractivity (Wildman–Crippen MR) is 121 cm³/mol. The Morgan fingerprint density at radius 2 is 1.91 bits per heavy atom. The molecule has 178 valence electrons. The van der Waals surface area contributed by atoms with Crippen molar-refractivity contribution in [3.63, 3.8) is 0 Å². The molecule has 5 rings (SSSR count). The van der Waals surface area contributed by atoms with Gasteiger partial charge in [0.05, 0.1) is 6.10 Å². The van der Waals surface area contributed by atoms with Crippen molar-refractivity contribution in [1.82, 2.24) is 15.1 Å². The summed E-state index contributed by atoms with van der Waals surface area (Å²) in [6.45, 7) is 9.61. The minimum absolute atomic E-state index is 0.0870. The zero-order valence-corrected chi connectivity index (χ0v) is 19.6. The number of amides is 3. The fourth-order valence-electron chi connectivity index (χ4n) is 6.11. The van der Waals surface area contributed by atoms with E-state index in [1.54, 1.807) is 4.90 Å². The van der Waals surface area contributed by atoms with Crippen molar-refractivity contribution in [1.29, 1.82) is 0 Å². The van der Waals surface area contributed by atoms with E-state index in [0.29, 0.717) is 42.5 Å². The summed E-state index contributed by atoms with van der Waals surface area (Å²) in [6, 6.07) is 5.39. The van der Waals surface area contributed by atoms with Gasteiger partial charge in [0.2, 0.25) is 11.8 Å². The van der Waals surface area contributed by atoms with Crippen LogP contribution in [0.2, 0.25) is 0 Å². The van der Waals surface area contributed by atoms with Crippen molar-refractivity contribution in [3.8, 4) is 5.75 Å². The molecule has 33 heavy (non-hydrogen) atoms. The Balaban J connectivity index is 1.29. The molecule has 3 heterocycles. The van der Waals surface area contributed by atoms with Gasteiger partial charge in [-0.05, 0) is 55.4 Å². The Labute approximate surface area is 194 Å². The second kappa shape index (κ2) is 8.72. The third-order valence-electron chi connectivity index (χ3n) is 7.69. The molecule has 1 aliphatic carbocycles. The highest BCUT2D eigenvalue weighted by Gasteiger charge is 2.47. The minimum Gasteiger partial charge on any atom is -0.489 e. The van der Waals surface area contributed by atoms with Crippen molar-refractivity contribution < 1.29 is 23.9 Å². The van der Waals surface area contributed by atoms with Crippen LogP contribution >= 0.6 is 0 Å².